The second kappa shape index (κ2) is 4.07. The molecule has 4 heteroatoms. The molecule has 2 aliphatic rings. The lowest BCUT2D eigenvalue weighted by atomic mass is 9.91. The third kappa shape index (κ3) is 2.09. The Labute approximate surface area is 106 Å². The van der Waals surface area contributed by atoms with Crippen molar-refractivity contribution in [2.75, 3.05) is 13.3 Å². The standard InChI is InChI=1S/C13H16ClNO2/c1-13(3-2-4-15-13)7-9-5-10(14)12-11(6-9)16-8-17-12/h5-6,15H,2-4,7-8H2,1H3. The van der Waals surface area contributed by atoms with Crippen molar-refractivity contribution in [1.29, 1.82) is 0 Å². The van der Waals surface area contributed by atoms with Crippen LogP contribution in [0.5, 0.6) is 11.5 Å². The van der Waals surface area contributed by atoms with Gasteiger partial charge in [0, 0.05) is 5.54 Å². The number of hydrogen-bond donors (Lipinski definition) is 1. The third-order valence-corrected chi connectivity index (χ3v) is 3.82. The SMILES string of the molecule is CC1(Cc2cc(Cl)c3c(c2)OCO3)CCCN1. The summed E-state index contributed by atoms with van der Waals surface area (Å²) in [6, 6.07) is 4.03. The number of halogens is 1. The number of nitrogens with one attached hydrogen (secondary N) is 1. The number of benzene rings is 1. The first kappa shape index (κ1) is 11.2. The summed E-state index contributed by atoms with van der Waals surface area (Å²) in [5.41, 5.74) is 1.40. The Morgan fingerprint density at radius 3 is 3.06 bits per heavy atom. The second-order valence-corrected chi connectivity index (χ2v) is 5.49. The highest BCUT2D eigenvalue weighted by Gasteiger charge is 2.29. The van der Waals surface area contributed by atoms with Crippen molar-refractivity contribution < 1.29 is 9.47 Å². The molecule has 0 aromatic heterocycles. The molecule has 0 spiro atoms. The van der Waals surface area contributed by atoms with E-state index in [2.05, 4.69) is 12.2 Å². The van der Waals surface area contributed by atoms with E-state index in [1.807, 2.05) is 12.1 Å². The van der Waals surface area contributed by atoms with Crippen molar-refractivity contribution in [3.05, 3.63) is 22.7 Å². The van der Waals surface area contributed by atoms with Crippen LogP contribution in [0.15, 0.2) is 12.1 Å². The lowest BCUT2D eigenvalue weighted by molar-refractivity contribution is 0.174. The van der Waals surface area contributed by atoms with Crippen molar-refractivity contribution >= 4 is 11.6 Å². The largest absolute Gasteiger partial charge is 0.454 e. The van der Waals surface area contributed by atoms with Crippen LogP contribution >= 0.6 is 11.6 Å². The number of hydrogen-bond acceptors (Lipinski definition) is 3. The van der Waals surface area contributed by atoms with Gasteiger partial charge in [0.2, 0.25) is 6.79 Å². The van der Waals surface area contributed by atoms with Crippen LogP contribution in [0.3, 0.4) is 0 Å². The molecule has 1 saturated heterocycles. The van der Waals surface area contributed by atoms with Crippen LogP contribution in [0.25, 0.3) is 0 Å². The molecule has 3 rings (SSSR count). The second-order valence-electron chi connectivity index (χ2n) is 5.08. The molecule has 1 unspecified atom stereocenters. The molecule has 0 saturated carbocycles. The summed E-state index contributed by atoms with van der Waals surface area (Å²) in [5, 5.41) is 4.20. The minimum Gasteiger partial charge on any atom is -0.454 e. The fourth-order valence-corrected chi connectivity index (χ4v) is 2.97. The van der Waals surface area contributed by atoms with Gasteiger partial charge in [-0.25, -0.2) is 0 Å². The molecular weight excluding hydrogens is 238 g/mol. The summed E-state index contributed by atoms with van der Waals surface area (Å²) in [4.78, 5) is 0. The van der Waals surface area contributed by atoms with E-state index in [4.69, 9.17) is 21.1 Å². The minimum atomic E-state index is 0.191. The lowest BCUT2D eigenvalue weighted by Gasteiger charge is -2.24. The maximum absolute atomic E-state index is 6.18. The van der Waals surface area contributed by atoms with Crippen LogP contribution in [0.1, 0.15) is 25.3 Å². The molecule has 1 fully saturated rings. The fourth-order valence-electron chi connectivity index (χ4n) is 2.68. The molecule has 0 bridgehead atoms. The summed E-state index contributed by atoms with van der Waals surface area (Å²) in [5.74, 6) is 1.45. The third-order valence-electron chi connectivity index (χ3n) is 3.54. The van der Waals surface area contributed by atoms with Crippen molar-refractivity contribution in [3.63, 3.8) is 0 Å². The topological polar surface area (TPSA) is 30.5 Å². The molecule has 1 aromatic rings. The number of fused-ring (bicyclic) bond motifs is 1. The van der Waals surface area contributed by atoms with Crippen LogP contribution in [0.4, 0.5) is 0 Å². The molecular formula is C13H16ClNO2. The quantitative estimate of drug-likeness (QED) is 0.879. The van der Waals surface area contributed by atoms with Gasteiger partial charge in [0.1, 0.15) is 0 Å². The van der Waals surface area contributed by atoms with Crippen LogP contribution < -0.4 is 14.8 Å². The summed E-state index contributed by atoms with van der Waals surface area (Å²) >= 11 is 6.18. The summed E-state index contributed by atoms with van der Waals surface area (Å²) in [7, 11) is 0. The van der Waals surface area contributed by atoms with Crippen molar-refractivity contribution in [1.82, 2.24) is 5.32 Å². The Bertz CT molecular complexity index is 441. The van der Waals surface area contributed by atoms with Gasteiger partial charge in [0.05, 0.1) is 5.02 Å². The monoisotopic (exact) mass is 253 g/mol. The molecule has 2 heterocycles. The van der Waals surface area contributed by atoms with Crippen LogP contribution in [-0.2, 0) is 6.42 Å². The molecule has 2 aliphatic heterocycles. The van der Waals surface area contributed by atoms with Crippen molar-refractivity contribution in [3.8, 4) is 11.5 Å². The van der Waals surface area contributed by atoms with Gasteiger partial charge in [-0.15, -0.1) is 0 Å². The molecule has 3 nitrogen and oxygen atoms in total. The fraction of sp³-hybridized carbons (Fsp3) is 0.538. The maximum Gasteiger partial charge on any atom is 0.231 e. The molecule has 1 N–H and O–H groups in total. The first-order chi connectivity index (χ1) is 8.16. The van der Waals surface area contributed by atoms with Gasteiger partial charge >= 0.3 is 0 Å². The van der Waals surface area contributed by atoms with E-state index in [9.17, 15) is 0 Å². The van der Waals surface area contributed by atoms with E-state index in [1.165, 1.54) is 18.4 Å². The Morgan fingerprint density at radius 1 is 1.41 bits per heavy atom. The minimum absolute atomic E-state index is 0.191. The highest BCUT2D eigenvalue weighted by molar-refractivity contribution is 6.32. The summed E-state index contributed by atoms with van der Waals surface area (Å²) < 4.78 is 10.7. The van der Waals surface area contributed by atoms with E-state index in [0.717, 1.165) is 18.7 Å². The Morgan fingerprint density at radius 2 is 2.29 bits per heavy atom. The number of rotatable bonds is 2. The van der Waals surface area contributed by atoms with E-state index >= 15 is 0 Å². The summed E-state index contributed by atoms with van der Waals surface area (Å²) in [6.07, 6.45) is 3.43. The molecule has 0 amide bonds. The maximum atomic E-state index is 6.18. The average molecular weight is 254 g/mol. The first-order valence-corrected chi connectivity index (χ1v) is 6.37. The molecule has 1 aromatic carbocycles. The predicted molar refractivity (Wildman–Crippen MR) is 66.9 cm³/mol. The number of ether oxygens (including phenoxy) is 2. The highest BCUT2D eigenvalue weighted by Crippen LogP contribution is 2.40. The Hall–Kier alpha value is -0.930. The van der Waals surface area contributed by atoms with Gasteiger partial charge in [-0.1, -0.05) is 11.6 Å². The van der Waals surface area contributed by atoms with Gasteiger partial charge in [0.25, 0.3) is 0 Å². The zero-order valence-electron chi connectivity index (χ0n) is 9.88. The van der Waals surface area contributed by atoms with Crippen LogP contribution in [0.2, 0.25) is 5.02 Å². The van der Waals surface area contributed by atoms with E-state index in [1.54, 1.807) is 0 Å². The van der Waals surface area contributed by atoms with Crippen LogP contribution in [-0.4, -0.2) is 18.9 Å². The lowest BCUT2D eigenvalue weighted by Crippen LogP contribution is -2.38. The van der Waals surface area contributed by atoms with E-state index in [0.29, 0.717) is 10.8 Å². The normalized spacial score (nSPS) is 26.5. The Kier molecular flexibility index (Phi) is 2.68. The van der Waals surface area contributed by atoms with E-state index < -0.39 is 0 Å². The van der Waals surface area contributed by atoms with Gasteiger partial charge in [0.15, 0.2) is 11.5 Å². The molecule has 17 heavy (non-hydrogen) atoms. The first-order valence-electron chi connectivity index (χ1n) is 5.99. The van der Waals surface area contributed by atoms with Gasteiger partial charge < -0.3 is 14.8 Å². The molecule has 0 aliphatic carbocycles. The van der Waals surface area contributed by atoms with Gasteiger partial charge in [-0.2, -0.15) is 0 Å². The van der Waals surface area contributed by atoms with Gasteiger partial charge in [-0.3, -0.25) is 0 Å². The zero-order valence-corrected chi connectivity index (χ0v) is 10.6. The van der Waals surface area contributed by atoms with Crippen molar-refractivity contribution in [2.24, 2.45) is 0 Å². The zero-order chi connectivity index (χ0) is 11.9. The van der Waals surface area contributed by atoms with Crippen LogP contribution in [0, 0.1) is 0 Å². The van der Waals surface area contributed by atoms with Crippen molar-refractivity contribution in [2.45, 2.75) is 31.7 Å². The van der Waals surface area contributed by atoms with Gasteiger partial charge in [-0.05, 0) is 50.4 Å². The van der Waals surface area contributed by atoms with E-state index in [-0.39, 0.29) is 12.3 Å². The summed E-state index contributed by atoms with van der Waals surface area (Å²) in [6.45, 7) is 3.64. The highest BCUT2D eigenvalue weighted by atomic mass is 35.5. The Balaban J connectivity index is 1.86. The predicted octanol–water partition coefficient (Wildman–Crippen LogP) is 2.75. The smallest absolute Gasteiger partial charge is 0.231 e. The average Bonchev–Trinajstić information content (AvgIpc) is 2.87. The molecule has 1 atom stereocenters. The molecule has 0 radical (unpaired) electrons. The molecule has 92 valence electrons.